The number of amides is 3. The summed E-state index contributed by atoms with van der Waals surface area (Å²) >= 11 is 1.12. The monoisotopic (exact) mass is 254 g/mol. The van der Waals surface area contributed by atoms with E-state index in [1.165, 1.54) is 0 Å². The van der Waals surface area contributed by atoms with Gasteiger partial charge in [0, 0.05) is 18.2 Å². The van der Waals surface area contributed by atoms with Crippen molar-refractivity contribution in [2.75, 3.05) is 0 Å². The van der Waals surface area contributed by atoms with Crippen LogP contribution in [-0.2, 0) is 16.1 Å². The lowest BCUT2D eigenvalue weighted by Gasteiger charge is -2.11. The molecule has 17 heavy (non-hydrogen) atoms. The standard InChI is InChI=1S/C9H10N4O3S/c10-12-8(16)9-11-5(4-17-9)3-13-6(14)1-2-7(13)15/h4H,1-3,10H2,(H,12,16). The highest BCUT2D eigenvalue weighted by atomic mass is 32.1. The molecule has 3 amide bonds. The number of nitrogens with zero attached hydrogens (tertiary/aromatic N) is 2. The zero-order valence-corrected chi connectivity index (χ0v) is 9.62. The van der Waals surface area contributed by atoms with Crippen molar-refractivity contribution in [3.63, 3.8) is 0 Å². The highest BCUT2D eigenvalue weighted by molar-refractivity contribution is 7.11. The molecule has 0 unspecified atom stereocenters. The summed E-state index contributed by atoms with van der Waals surface area (Å²) in [6, 6.07) is 0. The normalized spacial score (nSPS) is 15.5. The summed E-state index contributed by atoms with van der Waals surface area (Å²) in [5, 5.41) is 1.84. The maximum absolute atomic E-state index is 11.4. The molecule has 0 aromatic carbocycles. The van der Waals surface area contributed by atoms with Crippen LogP contribution in [0.3, 0.4) is 0 Å². The lowest BCUT2D eigenvalue weighted by molar-refractivity contribution is -0.139. The van der Waals surface area contributed by atoms with Gasteiger partial charge in [-0.05, 0) is 0 Å². The molecule has 1 aliphatic heterocycles. The second-order valence-corrected chi connectivity index (χ2v) is 4.35. The number of rotatable bonds is 3. The minimum absolute atomic E-state index is 0.117. The van der Waals surface area contributed by atoms with E-state index >= 15 is 0 Å². The van der Waals surface area contributed by atoms with Crippen LogP contribution in [0.5, 0.6) is 0 Å². The van der Waals surface area contributed by atoms with Crippen LogP contribution in [0, 0.1) is 0 Å². The number of hydrogen-bond donors (Lipinski definition) is 2. The van der Waals surface area contributed by atoms with Gasteiger partial charge >= 0.3 is 0 Å². The molecule has 0 radical (unpaired) electrons. The lowest BCUT2D eigenvalue weighted by atomic mass is 10.4. The average Bonchev–Trinajstić information content (AvgIpc) is 2.90. The van der Waals surface area contributed by atoms with Gasteiger partial charge in [0.05, 0.1) is 12.2 Å². The Morgan fingerprint density at radius 1 is 1.47 bits per heavy atom. The first-order valence-electron chi connectivity index (χ1n) is 4.90. The Labute approximate surface area is 101 Å². The molecular weight excluding hydrogens is 244 g/mol. The summed E-state index contributed by atoms with van der Waals surface area (Å²) in [7, 11) is 0. The fourth-order valence-electron chi connectivity index (χ4n) is 1.51. The number of nitrogens with two attached hydrogens (primary N) is 1. The largest absolute Gasteiger partial charge is 0.294 e. The molecule has 0 atom stereocenters. The molecule has 90 valence electrons. The van der Waals surface area contributed by atoms with Gasteiger partial charge in [0.25, 0.3) is 5.91 Å². The van der Waals surface area contributed by atoms with E-state index in [0.717, 1.165) is 16.2 Å². The van der Waals surface area contributed by atoms with E-state index in [-0.39, 0.29) is 36.2 Å². The molecule has 0 aliphatic carbocycles. The van der Waals surface area contributed by atoms with Gasteiger partial charge in [0.15, 0.2) is 5.01 Å². The lowest BCUT2D eigenvalue weighted by Crippen LogP contribution is -2.30. The molecule has 1 saturated heterocycles. The predicted molar refractivity (Wildman–Crippen MR) is 58.6 cm³/mol. The van der Waals surface area contributed by atoms with Crippen molar-refractivity contribution in [2.24, 2.45) is 5.84 Å². The van der Waals surface area contributed by atoms with E-state index in [1.54, 1.807) is 5.38 Å². The summed E-state index contributed by atoms with van der Waals surface area (Å²) in [5.41, 5.74) is 2.48. The fraction of sp³-hybridized carbons (Fsp3) is 0.333. The van der Waals surface area contributed by atoms with Gasteiger partial charge in [0.1, 0.15) is 0 Å². The van der Waals surface area contributed by atoms with Crippen molar-refractivity contribution < 1.29 is 14.4 Å². The summed E-state index contributed by atoms with van der Waals surface area (Å²) < 4.78 is 0. The van der Waals surface area contributed by atoms with Gasteiger partial charge < -0.3 is 0 Å². The molecule has 2 heterocycles. The van der Waals surface area contributed by atoms with E-state index in [4.69, 9.17) is 5.84 Å². The number of hydrogen-bond acceptors (Lipinski definition) is 6. The molecule has 0 saturated carbocycles. The molecule has 1 aliphatic rings. The first-order valence-corrected chi connectivity index (χ1v) is 5.78. The van der Waals surface area contributed by atoms with Crippen molar-refractivity contribution in [3.8, 4) is 0 Å². The third-order valence-electron chi connectivity index (χ3n) is 2.35. The van der Waals surface area contributed by atoms with E-state index in [1.807, 2.05) is 5.43 Å². The van der Waals surface area contributed by atoms with Crippen LogP contribution < -0.4 is 11.3 Å². The van der Waals surface area contributed by atoms with Crippen LogP contribution in [0.2, 0.25) is 0 Å². The molecule has 3 N–H and O–H groups in total. The van der Waals surface area contributed by atoms with E-state index in [2.05, 4.69) is 4.98 Å². The number of imide groups is 1. The summed E-state index contributed by atoms with van der Waals surface area (Å²) in [6.45, 7) is 0.117. The second kappa shape index (κ2) is 4.60. The minimum Gasteiger partial charge on any atom is -0.288 e. The van der Waals surface area contributed by atoms with Gasteiger partial charge in [0.2, 0.25) is 11.8 Å². The maximum atomic E-state index is 11.4. The number of likely N-dealkylation sites (tertiary alicyclic amines) is 1. The van der Waals surface area contributed by atoms with Gasteiger partial charge in [-0.25, -0.2) is 10.8 Å². The zero-order chi connectivity index (χ0) is 12.4. The summed E-state index contributed by atoms with van der Waals surface area (Å²) in [5.74, 6) is 4.08. The van der Waals surface area contributed by atoms with Crippen LogP contribution in [-0.4, -0.2) is 27.6 Å². The van der Waals surface area contributed by atoms with Crippen LogP contribution in [0.4, 0.5) is 0 Å². The van der Waals surface area contributed by atoms with Gasteiger partial charge in [-0.15, -0.1) is 11.3 Å². The molecule has 0 bridgehead atoms. The molecule has 2 rings (SSSR count). The Bertz CT molecular complexity index is 468. The topological polar surface area (TPSA) is 105 Å². The van der Waals surface area contributed by atoms with Crippen molar-refractivity contribution in [1.29, 1.82) is 0 Å². The van der Waals surface area contributed by atoms with Crippen molar-refractivity contribution in [3.05, 3.63) is 16.1 Å². The molecule has 0 spiro atoms. The first-order chi connectivity index (χ1) is 8.11. The van der Waals surface area contributed by atoms with Crippen LogP contribution in [0.1, 0.15) is 28.3 Å². The van der Waals surface area contributed by atoms with Crippen LogP contribution in [0.15, 0.2) is 5.38 Å². The van der Waals surface area contributed by atoms with Crippen molar-refractivity contribution in [1.82, 2.24) is 15.3 Å². The smallest absolute Gasteiger partial charge is 0.288 e. The Kier molecular flexibility index (Phi) is 3.16. The quantitative estimate of drug-likeness (QED) is 0.324. The predicted octanol–water partition coefficient (Wildman–Crippen LogP) is -0.604. The molecular formula is C9H10N4O3S. The Morgan fingerprint density at radius 2 is 2.12 bits per heavy atom. The number of carbonyl (C=O) groups is 3. The summed E-state index contributed by atoms with van der Waals surface area (Å²) in [6.07, 6.45) is 0.498. The Balaban J connectivity index is 2.09. The highest BCUT2D eigenvalue weighted by Crippen LogP contribution is 2.17. The average molecular weight is 254 g/mol. The number of thiazole rings is 1. The third-order valence-corrected chi connectivity index (χ3v) is 3.24. The SMILES string of the molecule is NNC(=O)c1nc(CN2C(=O)CCC2=O)cs1. The molecule has 1 aromatic heterocycles. The van der Waals surface area contributed by atoms with Gasteiger partial charge in [-0.3, -0.25) is 24.7 Å². The number of hydrazine groups is 1. The number of aromatic nitrogens is 1. The first kappa shape index (κ1) is 11.7. The van der Waals surface area contributed by atoms with Crippen molar-refractivity contribution >= 4 is 29.1 Å². The van der Waals surface area contributed by atoms with E-state index < -0.39 is 5.91 Å². The maximum Gasteiger partial charge on any atom is 0.294 e. The number of nitrogen functional groups attached to an aromatic ring is 1. The Morgan fingerprint density at radius 3 is 2.71 bits per heavy atom. The van der Waals surface area contributed by atoms with Crippen LogP contribution >= 0.6 is 11.3 Å². The van der Waals surface area contributed by atoms with Crippen molar-refractivity contribution in [2.45, 2.75) is 19.4 Å². The number of carbonyl (C=O) groups excluding carboxylic acids is 3. The van der Waals surface area contributed by atoms with Gasteiger partial charge in [-0.1, -0.05) is 0 Å². The Hall–Kier alpha value is -1.80. The zero-order valence-electron chi connectivity index (χ0n) is 8.80. The van der Waals surface area contributed by atoms with E-state index in [0.29, 0.717) is 5.69 Å². The van der Waals surface area contributed by atoms with Gasteiger partial charge in [-0.2, -0.15) is 0 Å². The molecule has 1 aromatic rings. The third kappa shape index (κ3) is 2.32. The minimum atomic E-state index is -0.486. The molecule has 8 heteroatoms. The highest BCUT2D eigenvalue weighted by Gasteiger charge is 2.29. The fourth-order valence-corrected chi connectivity index (χ4v) is 2.22. The van der Waals surface area contributed by atoms with Crippen LogP contribution in [0.25, 0.3) is 0 Å². The molecule has 7 nitrogen and oxygen atoms in total. The molecule has 1 fully saturated rings. The van der Waals surface area contributed by atoms with E-state index in [9.17, 15) is 14.4 Å². The number of nitrogens with one attached hydrogen (secondary N) is 1. The summed E-state index contributed by atoms with van der Waals surface area (Å²) in [4.78, 5) is 39.0. The second-order valence-electron chi connectivity index (χ2n) is 3.49.